The molecular formula is C24H25N5O3. The van der Waals surface area contributed by atoms with Crippen LogP contribution in [-0.2, 0) is 16.1 Å². The Morgan fingerprint density at radius 3 is 2.53 bits per heavy atom. The standard InChI is InChI=1S/C24H25N5O3/c1-12(30)22-16-6-14(15-9-26-13(2)27-10-15)4-5-19(16)29(28-22)11-20(31)21-17(23(25)32)7-24(3)8-18(21)24/h4-6,9-10,17-18,21H,7-8,11H2,1-3H3,(H2,25,32)/t17-,18+,21?,24-/m0/s1. The van der Waals surface area contributed by atoms with Gasteiger partial charge in [-0.05, 0) is 48.8 Å². The summed E-state index contributed by atoms with van der Waals surface area (Å²) >= 11 is 0. The number of benzene rings is 1. The van der Waals surface area contributed by atoms with Crippen molar-refractivity contribution in [3.05, 3.63) is 42.1 Å². The van der Waals surface area contributed by atoms with Gasteiger partial charge < -0.3 is 5.73 Å². The second kappa shape index (κ2) is 7.05. The van der Waals surface area contributed by atoms with Gasteiger partial charge in [0.05, 0.1) is 5.52 Å². The van der Waals surface area contributed by atoms with Gasteiger partial charge in [-0.3, -0.25) is 19.1 Å². The van der Waals surface area contributed by atoms with E-state index >= 15 is 0 Å². The topological polar surface area (TPSA) is 121 Å². The average molecular weight is 431 g/mol. The third-order valence-corrected chi connectivity index (χ3v) is 7.22. The number of fused-ring (bicyclic) bond motifs is 2. The zero-order chi connectivity index (χ0) is 22.8. The van der Waals surface area contributed by atoms with E-state index in [1.807, 2.05) is 25.1 Å². The largest absolute Gasteiger partial charge is 0.369 e. The van der Waals surface area contributed by atoms with Crippen LogP contribution in [0.25, 0.3) is 22.0 Å². The number of primary amides is 1. The van der Waals surface area contributed by atoms with Gasteiger partial charge in [0.25, 0.3) is 0 Å². The van der Waals surface area contributed by atoms with Crippen molar-refractivity contribution in [2.75, 3.05) is 0 Å². The highest BCUT2D eigenvalue weighted by molar-refractivity contribution is 6.06. The molecule has 8 heteroatoms. The minimum absolute atomic E-state index is 0.0117. The number of hydrogen-bond donors (Lipinski definition) is 1. The van der Waals surface area contributed by atoms with E-state index in [1.165, 1.54) is 6.92 Å². The number of nitrogens with zero attached hydrogens (tertiary/aromatic N) is 4. The molecule has 2 saturated carbocycles. The Balaban J connectivity index is 1.50. The Bertz CT molecular complexity index is 1280. The lowest BCUT2D eigenvalue weighted by Gasteiger charge is -2.18. The van der Waals surface area contributed by atoms with E-state index in [-0.39, 0.29) is 35.4 Å². The minimum Gasteiger partial charge on any atom is -0.369 e. The number of hydrogen-bond acceptors (Lipinski definition) is 6. The first-order valence-corrected chi connectivity index (χ1v) is 10.8. The predicted molar refractivity (Wildman–Crippen MR) is 118 cm³/mol. The normalized spacial score (nSPS) is 26.2. The molecule has 2 fully saturated rings. The van der Waals surface area contributed by atoms with Crippen LogP contribution in [0.15, 0.2) is 30.6 Å². The molecule has 5 rings (SSSR count). The highest BCUT2D eigenvalue weighted by Crippen LogP contribution is 2.67. The Kier molecular flexibility index (Phi) is 4.51. The lowest BCUT2D eigenvalue weighted by Crippen LogP contribution is -2.34. The number of Topliss-reactive ketones (excluding diaryl/α,β-unsaturated/α-hetero) is 2. The number of nitrogens with two attached hydrogens (primary N) is 1. The molecular weight excluding hydrogens is 406 g/mol. The first kappa shape index (κ1) is 20.5. The molecule has 32 heavy (non-hydrogen) atoms. The van der Waals surface area contributed by atoms with E-state index in [2.05, 4.69) is 22.0 Å². The Labute approximate surface area is 185 Å². The van der Waals surface area contributed by atoms with Gasteiger partial charge in [0, 0.05) is 42.1 Å². The van der Waals surface area contributed by atoms with Crippen molar-refractivity contribution < 1.29 is 14.4 Å². The number of carbonyl (C=O) groups is 3. The molecule has 164 valence electrons. The third kappa shape index (κ3) is 3.21. The van der Waals surface area contributed by atoms with Gasteiger partial charge >= 0.3 is 0 Å². The maximum atomic E-state index is 13.3. The van der Waals surface area contributed by atoms with Crippen LogP contribution >= 0.6 is 0 Å². The summed E-state index contributed by atoms with van der Waals surface area (Å²) in [7, 11) is 0. The second-order valence-corrected chi connectivity index (χ2v) is 9.48. The van der Waals surface area contributed by atoms with Crippen LogP contribution in [0.4, 0.5) is 0 Å². The summed E-state index contributed by atoms with van der Waals surface area (Å²) in [6, 6.07) is 5.65. The molecule has 0 radical (unpaired) electrons. The van der Waals surface area contributed by atoms with Crippen LogP contribution in [0.2, 0.25) is 0 Å². The summed E-state index contributed by atoms with van der Waals surface area (Å²) < 4.78 is 1.58. The molecule has 2 heterocycles. The van der Waals surface area contributed by atoms with Gasteiger partial charge in [0.2, 0.25) is 5.91 Å². The van der Waals surface area contributed by atoms with Gasteiger partial charge in [-0.25, -0.2) is 9.97 Å². The fourth-order valence-electron chi connectivity index (χ4n) is 5.41. The summed E-state index contributed by atoms with van der Waals surface area (Å²) in [5, 5.41) is 5.15. The van der Waals surface area contributed by atoms with Crippen LogP contribution in [-0.4, -0.2) is 37.2 Å². The van der Waals surface area contributed by atoms with E-state index in [9.17, 15) is 14.4 Å². The van der Waals surface area contributed by atoms with Crippen LogP contribution < -0.4 is 5.73 Å². The predicted octanol–water partition coefficient (Wildman–Crippen LogP) is 2.72. The summed E-state index contributed by atoms with van der Waals surface area (Å²) in [5.74, 6) is -0.542. The zero-order valence-electron chi connectivity index (χ0n) is 18.3. The van der Waals surface area contributed by atoms with Gasteiger partial charge in [0.1, 0.15) is 18.1 Å². The van der Waals surface area contributed by atoms with Crippen molar-refractivity contribution >= 4 is 28.4 Å². The summed E-state index contributed by atoms with van der Waals surface area (Å²) in [6.07, 6.45) is 5.10. The number of aromatic nitrogens is 4. The number of ketones is 2. The van der Waals surface area contributed by atoms with E-state index in [4.69, 9.17) is 5.73 Å². The number of aryl methyl sites for hydroxylation is 1. The number of amides is 1. The lowest BCUT2D eigenvalue weighted by molar-refractivity contribution is -0.132. The van der Waals surface area contributed by atoms with E-state index in [0.29, 0.717) is 28.8 Å². The Morgan fingerprint density at radius 2 is 1.88 bits per heavy atom. The maximum absolute atomic E-state index is 13.3. The number of carbonyl (C=O) groups excluding carboxylic acids is 3. The molecule has 1 unspecified atom stereocenters. The molecule has 4 atom stereocenters. The SMILES string of the molecule is CC(=O)c1nn(CC(=O)C2[C@@H](C(N)=O)C[C@@]3(C)C[C@H]23)c2ccc(-c3cnc(C)nc3)cc12. The Hall–Kier alpha value is -3.42. The molecule has 8 nitrogen and oxygen atoms in total. The molecule has 1 amide bonds. The fourth-order valence-corrected chi connectivity index (χ4v) is 5.41. The van der Waals surface area contributed by atoms with Gasteiger partial charge in [0.15, 0.2) is 11.6 Å². The maximum Gasteiger partial charge on any atom is 0.221 e. The van der Waals surface area contributed by atoms with E-state index in [0.717, 1.165) is 17.5 Å². The lowest BCUT2D eigenvalue weighted by atomic mass is 9.86. The van der Waals surface area contributed by atoms with Crippen molar-refractivity contribution in [2.45, 2.75) is 40.2 Å². The average Bonchev–Trinajstić information content (AvgIpc) is 3.12. The van der Waals surface area contributed by atoms with E-state index < -0.39 is 11.8 Å². The molecule has 0 aliphatic heterocycles. The molecule has 2 aromatic heterocycles. The third-order valence-electron chi connectivity index (χ3n) is 7.22. The minimum atomic E-state index is -0.423. The van der Waals surface area contributed by atoms with Crippen molar-refractivity contribution in [1.29, 1.82) is 0 Å². The quantitative estimate of drug-likeness (QED) is 0.599. The fraction of sp³-hybridized carbons (Fsp3) is 0.417. The zero-order valence-corrected chi connectivity index (χ0v) is 18.3. The van der Waals surface area contributed by atoms with Crippen LogP contribution in [0.1, 0.15) is 43.0 Å². The van der Waals surface area contributed by atoms with Gasteiger partial charge in [-0.2, -0.15) is 5.10 Å². The second-order valence-electron chi connectivity index (χ2n) is 9.48. The molecule has 0 spiro atoms. The monoisotopic (exact) mass is 431 g/mol. The Morgan fingerprint density at radius 1 is 1.16 bits per heavy atom. The highest BCUT2D eigenvalue weighted by atomic mass is 16.2. The van der Waals surface area contributed by atoms with Gasteiger partial charge in [-0.1, -0.05) is 13.0 Å². The number of rotatable bonds is 6. The van der Waals surface area contributed by atoms with Crippen molar-refractivity contribution in [3.8, 4) is 11.1 Å². The summed E-state index contributed by atoms with van der Waals surface area (Å²) in [6.45, 7) is 5.41. The summed E-state index contributed by atoms with van der Waals surface area (Å²) in [4.78, 5) is 46.0. The van der Waals surface area contributed by atoms with Crippen LogP contribution in [0, 0.1) is 30.1 Å². The van der Waals surface area contributed by atoms with E-state index in [1.54, 1.807) is 17.1 Å². The molecule has 2 aliphatic carbocycles. The molecule has 0 saturated heterocycles. The molecule has 0 bridgehead atoms. The summed E-state index contributed by atoms with van der Waals surface area (Å²) in [5.41, 5.74) is 8.37. The first-order valence-electron chi connectivity index (χ1n) is 10.8. The molecule has 2 aliphatic rings. The van der Waals surface area contributed by atoms with Crippen molar-refractivity contribution in [2.24, 2.45) is 28.9 Å². The van der Waals surface area contributed by atoms with Crippen LogP contribution in [0.5, 0.6) is 0 Å². The van der Waals surface area contributed by atoms with Crippen molar-refractivity contribution in [3.63, 3.8) is 0 Å². The first-order chi connectivity index (χ1) is 15.2. The molecule has 1 aromatic carbocycles. The van der Waals surface area contributed by atoms with Gasteiger partial charge in [-0.15, -0.1) is 0 Å². The highest BCUT2D eigenvalue weighted by Gasteiger charge is 2.65. The molecule has 2 N–H and O–H groups in total. The van der Waals surface area contributed by atoms with Crippen molar-refractivity contribution in [1.82, 2.24) is 19.7 Å². The molecule has 3 aromatic rings. The smallest absolute Gasteiger partial charge is 0.221 e. The van der Waals surface area contributed by atoms with Crippen LogP contribution in [0.3, 0.4) is 0 Å².